The fourth-order valence-corrected chi connectivity index (χ4v) is 2.69. The van der Waals surface area contributed by atoms with Crippen LogP contribution in [0.2, 0.25) is 0 Å². The van der Waals surface area contributed by atoms with Crippen molar-refractivity contribution >= 4 is 11.6 Å². The number of fused-ring (bicyclic) bond motifs is 1. The van der Waals surface area contributed by atoms with Gasteiger partial charge in [0.2, 0.25) is 0 Å². The van der Waals surface area contributed by atoms with E-state index in [4.69, 9.17) is 4.98 Å². The predicted molar refractivity (Wildman–Crippen MR) is 86.9 cm³/mol. The zero-order valence-electron chi connectivity index (χ0n) is 12.9. The van der Waals surface area contributed by atoms with Crippen LogP contribution in [0.3, 0.4) is 0 Å². The molecule has 0 radical (unpaired) electrons. The Morgan fingerprint density at radius 2 is 1.90 bits per heavy atom. The molecule has 21 heavy (non-hydrogen) atoms. The zero-order valence-corrected chi connectivity index (χ0v) is 12.9. The van der Waals surface area contributed by atoms with Gasteiger partial charge in [-0.2, -0.15) is 0 Å². The number of hydrogen-bond acceptors (Lipinski definition) is 4. The fraction of sp³-hybridized carbons (Fsp3) is 0.412. The topological polar surface area (TPSA) is 41.0 Å². The molecule has 4 heteroatoms. The van der Waals surface area contributed by atoms with E-state index < -0.39 is 0 Å². The Balaban J connectivity index is 1.92. The Hall–Kier alpha value is -2.10. The van der Waals surface area contributed by atoms with Crippen molar-refractivity contribution in [3.8, 4) is 0 Å². The minimum Gasteiger partial charge on any atom is -0.373 e. The molecular weight excluding hydrogens is 260 g/mol. The third kappa shape index (κ3) is 2.84. The summed E-state index contributed by atoms with van der Waals surface area (Å²) in [6.45, 7) is 6.19. The van der Waals surface area contributed by atoms with Gasteiger partial charge in [-0.25, -0.2) is 9.97 Å². The highest BCUT2D eigenvalue weighted by Crippen LogP contribution is 2.25. The number of rotatable bonds is 3. The van der Waals surface area contributed by atoms with Crippen molar-refractivity contribution < 1.29 is 0 Å². The minimum absolute atomic E-state index is 0.328. The summed E-state index contributed by atoms with van der Waals surface area (Å²) in [7, 11) is 1.90. The largest absolute Gasteiger partial charge is 0.373 e. The molecule has 0 aliphatic carbocycles. The van der Waals surface area contributed by atoms with Gasteiger partial charge in [-0.05, 0) is 17.5 Å². The Labute approximate surface area is 126 Å². The molecule has 0 unspecified atom stereocenters. The minimum atomic E-state index is 0.328. The van der Waals surface area contributed by atoms with Gasteiger partial charge in [0.25, 0.3) is 0 Å². The number of anilines is 2. The van der Waals surface area contributed by atoms with E-state index in [2.05, 4.69) is 53.3 Å². The van der Waals surface area contributed by atoms with Crippen LogP contribution < -0.4 is 10.2 Å². The second-order valence-corrected chi connectivity index (χ2v) is 5.81. The van der Waals surface area contributed by atoms with Gasteiger partial charge >= 0.3 is 0 Å². The summed E-state index contributed by atoms with van der Waals surface area (Å²) in [6, 6.07) is 10.7. The summed E-state index contributed by atoms with van der Waals surface area (Å²) >= 11 is 0. The van der Waals surface area contributed by atoms with E-state index >= 15 is 0 Å². The molecule has 1 N–H and O–H groups in total. The molecule has 0 spiro atoms. The van der Waals surface area contributed by atoms with Gasteiger partial charge in [0.15, 0.2) is 0 Å². The number of nitrogens with one attached hydrogen (secondary N) is 1. The number of nitrogens with zero attached hydrogens (tertiary/aromatic N) is 3. The Bertz CT molecular complexity index is 636. The van der Waals surface area contributed by atoms with Crippen molar-refractivity contribution in [2.24, 2.45) is 0 Å². The molecule has 0 amide bonds. The molecule has 4 nitrogen and oxygen atoms in total. The van der Waals surface area contributed by atoms with Crippen molar-refractivity contribution in [1.29, 1.82) is 0 Å². The van der Waals surface area contributed by atoms with E-state index in [0.29, 0.717) is 5.92 Å². The van der Waals surface area contributed by atoms with Crippen LogP contribution in [0.25, 0.3) is 0 Å². The maximum atomic E-state index is 4.75. The molecule has 1 aliphatic rings. The van der Waals surface area contributed by atoms with Gasteiger partial charge in [-0.1, -0.05) is 38.1 Å². The SMILES string of the molecule is CNc1cc(N2CCc3ccccc3C2)nc(C(C)C)n1. The van der Waals surface area contributed by atoms with E-state index in [1.165, 1.54) is 11.1 Å². The van der Waals surface area contributed by atoms with Crippen LogP contribution in [0.15, 0.2) is 30.3 Å². The third-order valence-electron chi connectivity index (χ3n) is 3.96. The van der Waals surface area contributed by atoms with Crippen LogP contribution in [0, 0.1) is 0 Å². The molecule has 0 saturated carbocycles. The summed E-state index contributed by atoms with van der Waals surface area (Å²) in [5, 5.41) is 3.14. The predicted octanol–water partition coefficient (Wildman–Crippen LogP) is 3.20. The Kier molecular flexibility index (Phi) is 3.78. The van der Waals surface area contributed by atoms with Crippen molar-refractivity contribution in [3.63, 3.8) is 0 Å². The van der Waals surface area contributed by atoms with E-state index in [0.717, 1.165) is 37.0 Å². The molecular formula is C17H22N4. The first-order valence-corrected chi connectivity index (χ1v) is 7.56. The van der Waals surface area contributed by atoms with Gasteiger partial charge in [-0.3, -0.25) is 0 Å². The molecule has 0 saturated heterocycles. The lowest BCUT2D eigenvalue weighted by Gasteiger charge is -2.30. The second-order valence-electron chi connectivity index (χ2n) is 5.81. The molecule has 0 atom stereocenters. The maximum absolute atomic E-state index is 4.75. The smallest absolute Gasteiger partial charge is 0.135 e. The summed E-state index contributed by atoms with van der Waals surface area (Å²) in [4.78, 5) is 11.6. The highest BCUT2D eigenvalue weighted by Gasteiger charge is 2.18. The highest BCUT2D eigenvalue weighted by molar-refractivity contribution is 5.51. The molecule has 3 rings (SSSR count). The summed E-state index contributed by atoms with van der Waals surface area (Å²) in [6.07, 6.45) is 1.08. The van der Waals surface area contributed by atoms with Gasteiger partial charge in [-0.15, -0.1) is 0 Å². The first kappa shape index (κ1) is 13.9. The highest BCUT2D eigenvalue weighted by atomic mass is 15.2. The zero-order chi connectivity index (χ0) is 14.8. The lowest BCUT2D eigenvalue weighted by molar-refractivity contribution is 0.703. The maximum Gasteiger partial charge on any atom is 0.135 e. The average Bonchev–Trinajstić information content (AvgIpc) is 2.53. The number of hydrogen-bond donors (Lipinski definition) is 1. The second kappa shape index (κ2) is 5.72. The van der Waals surface area contributed by atoms with Crippen molar-refractivity contribution in [3.05, 3.63) is 47.3 Å². The van der Waals surface area contributed by atoms with Crippen LogP contribution in [-0.4, -0.2) is 23.6 Å². The van der Waals surface area contributed by atoms with Crippen molar-refractivity contribution in [1.82, 2.24) is 9.97 Å². The van der Waals surface area contributed by atoms with Crippen LogP contribution in [0.1, 0.15) is 36.7 Å². The first-order chi connectivity index (χ1) is 10.2. The monoisotopic (exact) mass is 282 g/mol. The van der Waals surface area contributed by atoms with Crippen molar-refractivity contribution in [2.45, 2.75) is 32.7 Å². The van der Waals surface area contributed by atoms with E-state index in [-0.39, 0.29) is 0 Å². The first-order valence-electron chi connectivity index (χ1n) is 7.56. The third-order valence-corrected chi connectivity index (χ3v) is 3.96. The Morgan fingerprint density at radius 1 is 1.14 bits per heavy atom. The Morgan fingerprint density at radius 3 is 2.62 bits per heavy atom. The summed E-state index contributed by atoms with van der Waals surface area (Å²) < 4.78 is 0. The molecule has 0 bridgehead atoms. The molecule has 0 fully saturated rings. The van der Waals surface area contributed by atoms with Crippen molar-refractivity contribution in [2.75, 3.05) is 23.8 Å². The lowest BCUT2D eigenvalue weighted by Crippen LogP contribution is -2.31. The van der Waals surface area contributed by atoms with Gasteiger partial charge in [0.1, 0.15) is 17.5 Å². The standard InChI is InChI=1S/C17H22N4/c1-12(2)17-19-15(18-3)10-16(20-17)21-9-8-13-6-4-5-7-14(13)11-21/h4-7,10,12H,8-9,11H2,1-3H3,(H,18,19,20). The molecule has 2 heterocycles. The van der Waals surface area contributed by atoms with Gasteiger partial charge in [0.05, 0.1) is 0 Å². The van der Waals surface area contributed by atoms with E-state index in [1.54, 1.807) is 0 Å². The van der Waals surface area contributed by atoms with Crippen LogP contribution >= 0.6 is 0 Å². The van der Waals surface area contributed by atoms with E-state index in [9.17, 15) is 0 Å². The number of aromatic nitrogens is 2. The van der Waals surface area contributed by atoms with Crippen LogP contribution in [0.5, 0.6) is 0 Å². The van der Waals surface area contributed by atoms with Gasteiger partial charge in [0, 0.05) is 32.1 Å². The van der Waals surface area contributed by atoms with Crippen LogP contribution in [0.4, 0.5) is 11.6 Å². The molecule has 110 valence electrons. The van der Waals surface area contributed by atoms with E-state index in [1.807, 2.05) is 13.1 Å². The average molecular weight is 282 g/mol. The normalized spacial score (nSPS) is 14.2. The lowest BCUT2D eigenvalue weighted by atomic mass is 10.00. The molecule has 1 aromatic carbocycles. The summed E-state index contributed by atoms with van der Waals surface area (Å²) in [5.74, 6) is 3.14. The summed E-state index contributed by atoms with van der Waals surface area (Å²) in [5.41, 5.74) is 2.86. The molecule has 1 aliphatic heterocycles. The number of benzene rings is 1. The fourth-order valence-electron chi connectivity index (χ4n) is 2.69. The molecule has 2 aromatic rings. The molecule has 1 aromatic heterocycles. The quantitative estimate of drug-likeness (QED) is 0.938. The van der Waals surface area contributed by atoms with Crippen LogP contribution in [-0.2, 0) is 13.0 Å². The van der Waals surface area contributed by atoms with Gasteiger partial charge < -0.3 is 10.2 Å².